The minimum absolute atomic E-state index is 0.0464. The van der Waals surface area contributed by atoms with Crippen molar-refractivity contribution in [1.82, 2.24) is 10.6 Å². The first kappa shape index (κ1) is 14.9. The van der Waals surface area contributed by atoms with Crippen molar-refractivity contribution >= 4 is 6.03 Å². The minimum Gasteiger partial charge on any atom is -0.394 e. The van der Waals surface area contributed by atoms with Crippen molar-refractivity contribution in [3.63, 3.8) is 0 Å². The van der Waals surface area contributed by atoms with E-state index in [1.165, 1.54) is 11.1 Å². The second-order valence-electron chi connectivity index (χ2n) is 6.26. The summed E-state index contributed by atoms with van der Waals surface area (Å²) in [6.07, 6.45) is 1.98. The molecule has 4 heteroatoms. The van der Waals surface area contributed by atoms with E-state index in [0.29, 0.717) is 0 Å². The normalized spacial score (nSPS) is 21.7. The fourth-order valence-electron chi connectivity index (χ4n) is 2.83. The topological polar surface area (TPSA) is 61.4 Å². The van der Waals surface area contributed by atoms with E-state index < -0.39 is 0 Å². The highest BCUT2D eigenvalue weighted by Crippen LogP contribution is 2.41. The van der Waals surface area contributed by atoms with Gasteiger partial charge in [-0.25, -0.2) is 4.79 Å². The van der Waals surface area contributed by atoms with E-state index in [0.717, 1.165) is 12.8 Å². The zero-order valence-electron chi connectivity index (χ0n) is 12.4. The Kier molecular flexibility index (Phi) is 4.33. The van der Waals surface area contributed by atoms with Gasteiger partial charge in [0.25, 0.3) is 0 Å². The molecule has 0 fully saturated rings. The fourth-order valence-corrected chi connectivity index (χ4v) is 2.83. The van der Waals surface area contributed by atoms with Gasteiger partial charge in [0.2, 0.25) is 0 Å². The predicted octanol–water partition coefficient (Wildman–Crippen LogP) is 2.48. The fraction of sp³-hybridized carbons (Fsp3) is 0.562. The van der Waals surface area contributed by atoms with Crippen LogP contribution in [-0.2, 0) is 5.41 Å². The average molecular weight is 276 g/mol. The summed E-state index contributed by atoms with van der Waals surface area (Å²) in [5.74, 6) is 0. The summed E-state index contributed by atoms with van der Waals surface area (Å²) in [6.45, 7) is 6.21. The monoisotopic (exact) mass is 276 g/mol. The van der Waals surface area contributed by atoms with Crippen LogP contribution in [0.2, 0.25) is 0 Å². The number of rotatable bonds is 3. The first-order valence-corrected chi connectivity index (χ1v) is 7.21. The molecule has 110 valence electrons. The molecule has 2 atom stereocenters. The quantitative estimate of drug-likeness (QED) is 0.794. The van der Waals surface area contributed by atoms with E-state index in [1.807, 2.05) is 6.07 Å². The Morgan fingerprint density at radius 1 is 1.45 bits per heavy atom. The maximum Gasteiger partial charge on any atom is 0.315 e. The summed E-state index contributed by atoms with van der Waals surface area (Å²) in [4.78, 5) is 11.9. The predicted molar refractivity (Wildman–Crippen MR) is 79.7 cm³/mol. The molecular weight excluding hydrogens is 252 g/mol. The van der Waals surface area contributed by atoms with E-state index in [4.69, 9.17) is 5.11 Å². The van der Waals surface area contributed by atoms with Gasteiger partial charge in [-0.15, -0.1) is 0 Å². The molecule has 0 radical (unpaired) electrons. The molecule has 0 aromatic heterocycles. The maximum absolute atomic E-state index is 11.9. The van der Waals surface area contributed by atoms with E-state index in [9.17, 15) is 4.79 Å². The van der Waals surface area contributed by atoms with Gasteiger partial charge < -0.3 is 15.7 Å². The molecule has 0 bridgehead atoms. The van der Waals surface area contributed by atoms with Crippen LogP contribution in [0.3, 0.4) is 0 Å². The summed E-state index contributed by atoms with van der Waals surface area (Å²) in [6, 6.07) is 7.91. The van der Waals surface area contributed by atoms with Gasteiger partial charge >= 0.3 is 6.03 Å². The van der Waals surface area contributed by atoms with Gasteiger partial charge in [0.15, 0.2) is 0 Å². The number of urea groups is 1. The highest BCUT2D eigenvalue weighted by molar-refractivity contribution is 5.75. The lowest BCUT2D eigenvalue weighted by Crippen LogP contribution is -2.45. The zero-order valence-corrected chi connectivity index (χ0v) is 12.4. The van der Waals surface area contributed by atoms with Crippen molar-refractivity contribution in [2.75, 3.05) is 6.61 Å². The van der Waals surface area contributed by atoms with Crippen LogP contribution in [0.25, 0.3) is 0 Å². The Hall–Kier alpha value is -1.55. The molecule has 20 heavy (non-hydrogen) atoms. The molecule has 1 aromatic rings. The molecule has 1 aromatic carbocycles. The first-order valence-electron chi connectivity index (χ1n) is 7.21. The van der Waals surface area contributed by atoms with Crippen molar-refractivity contribution in [2.45, 2.75) is 51.1 Å². The molecule has 1 unspecified atom stereocenters. The SMILES string of the molecule is C[C@@H](CO)NC(=O)NC1CCC(C)(C)c2ccccc21. The summed E-state index contributed by atoms with van der Waals surface area (Å²) in [7, 11) is 0. The van der Waals surface area contributed by atoms with Crippen LogP contribution in [0, 0.1) is 0 Å². The highest BCUT2D eigenvalue weighted by atomic mass is 16.3. The summed E-state index contributed by atoms with van der Waals surface area (Å²) in [5.41, 5.74) is 2.67. The van der Waals surface area contributed by atoms with Crippen LogP contribution in [0.15, 0.2) is 24.3 Å². The maximum atomic E-state index is 11.9. The number of benzene rings is 1. The molecule has 0 heterocycles. The number of fused-ring (bicyclic) bond motifs is 1. The van der Waals surface area contributed by atoms with Crippen molar-refractivity contribution in [2.24, 2.45) is 0 Å². The highest BCUT2D eigenvalue weighted by Gasteiger charge is 2.32. The lowest BCUT2D eigenvalue weighted by atomic mass is 9.71. The summed E-state index contributed by atoms with van der Waals surface area (Å²) >= 11 is 0. The zero-order chi connectivity index (χ0) is 14.8. The molecule has 3 N–H and O–H groups in total. The van der Waals surface area contributed by atoms with Gasteiger partial charge in [0.1, 0.15) is 0 Å². The van der Waals surface area contributed by atoms with Crippen LogP contribution in [0.1, 0.15) is 50.8 Å². The van der Waals surface area contributed by atoms with Crippen molar-refractivity contribution in [3.8, 4) is 0 Å². The van der Waals surface area contributed by atoms with Gasteiger partial charge in [-0.2, -0.15) is 0 Å². The lowest BCUT2D eigenvalue weighted by Gasteiger charge is -2.37. The van der Waals surface area contributed by atoms with Crippen LogP contribution >= 0.6 is 0 Å². The molecule has 0 saturated carbocycles. The average Bonchev–Trinajstić information content (AvgIpc) is 2.42. The lowest BCUT2D eigenvalue weighted by molar-refractivity contribution is 0.215. The Morgan fingerprint density at radius 3 is 2.85 bits per heavy atom. The number of aliphatic hydroxyl groups is 1. The molecule has 0 aliphatic heterocycles. The van der Waals surface area contributed by atoms with Crippen LogP contribution in [0.4, 0.5) is 4.79 Å². The third-order valence-corrected chi connectivity index (χ3v) is 4.08. The Morgan fingerprint density at radius 2 is 2.15 bits per heavy atom. The second-order valence-corrected chi connectivity index (χ2v) is 6.26. The van der Waals surface area contributed by atoms with Crippen molar-refractivity contribution in [3.05, 3.63) is 35.4 Å². The Labute approximate surface area is 120 Å². The van der Waals surface area contributed by atoms with Crippen LogP contribution in [0.5, 0.6) is 0 Å². The van der Waals surface area contributed by atoms with Gasteiger partial charge in [-0.05, 0) is 36.3 Å². The van der Waals surface area contributed by atoms with E-state index >= 15 is 0 Å². The molecular formula is C16H24N2O2. The third-order valence-electron chi connectivity index (χ3n) is 4.08. The number of carbonyl (C=O) groups excluding carboxylic acids is 1. The summed E-state index contributed by atoms with van der Waals surface area (Å²) in [5, 5.41) is 14.7. The Bertz CT molecular complexity index is 485. The third kappa shape index (κ3) is 3.12. The van der Waals surface area contributed by atoms with Crippen LogP contribution < -0.4 is 10.6 Å². The first-order chi connectivity index (χ1) is 9.44. The minimum atomic E-state index is -0.231. The van der Waals surface area contributed by atoms with E-state index in [1.54, 1.807) is 6.92 Å². The smallest absolute Gasteiger partial charge is 0.315 e. The van der Waals surface area contributed by atoms with Crippen molar-refractivity contribution in [1.29, 1.82) is 0 Å². The number of nitrogens with one attached hydrogen (secondary N) is 2. The van der Waals surface area contributed by atoms with Gasteiger partial charge in [0.05, 0.1) is 18.7 Å². The number of carbonyl (C=O) groups is 1. The van der Waals surface area contributed by atoms with Gasteiger partial charge in [-0.3, -0.25) is 0 Å². The number of hydrogen-bond donors (Lipinski definition) is 3. The van der Waals surface area contributed by atoms with E-state index in [-0.39, 0.29) is 30.1 Å². The number of amides is 2. The molecule has 0 spiro atoms. The van der Waals surface area contributed by atoms with Crippen LogP contribution in [-0.4, -0.2) is 23.8 Å². The molecule has 1 aliphatic rings. The second kappa shape index (κ2) is 5.83. The molecule has 2 amide bonds. The Balaban J connectivity index is 2.13. The number of aliphatic hydroxyl groups excluding tert-OH is 1. The molecule has 0 saturated heterocycles. The van der Waals surface area contributed by atoms with E-state index in [2.05, 4.69) is 42.7 Å². The van der Waals surface area contributed by atoms with Gasteiger partial charge in [0, 0.05) is 0 Å². The standard InChI is InChI=1S/C16H24N2O2/c1-11(10-19)17-15(20)18-14-8-9-16(2,3)13-7-5-4-6-12(13)14/h4-7,11,14,19H,8-10H2,1-3H3,(H2,17,18,20)/t11-,14?/m0/s1. The molecule has 2 rings (SSSR count). The number of hydrogen-bond acceptors (Lipinski definition) is 2. The molecule has 4 nitrogen and oxygen atoms in total. The van der Waals surface area contributed by atoms with Gasteiger partial charge in [-0.1, -0.05) is 38.1 Å². The molecule has 1 aliphatic carbocycles. The largest absolute Gasteiger partial charge is 0.394 e. The summed E-state index contributed by atoms with van der Waals surface area (Å²) < 4.78 is 0. The van der Waals surface area contributed by atoms with Crippen molar-refractivity contribution < 1.29 is 9.90 Å².